The number of carbonyl (C=O) groups is 1. The molecule has 0 radical (unpaired) electrons. The molecule has 0 spiro atoms. The molecule has 4 aromatic rings. The van der Waals surface area contributed by atoms with Gasteiger partial charge in [0.2, 0.25) is 11.8 Å². The highest BCUT2D eigenvalue weighted by Crippen LogP contribution is 2.27. The molecule has 2 heterocycles. The van der Waals surface area contributed by atoms with E-state index in [0.29, 0.717) is 18.2 Å². The van der Waals surface area contributed by atoms with Crippen molar-refractivity contribution in [1.82, 2.24) is 14.8 Å². The Bertz CT molecular complexity index is 1110. The Hall–Kier alpha value is -3.41. The summed E-state index contributed by atoms with van der Waals surface area (Å²) >= 11 is 0. The minimum Gasteiger partial charge on any atom is -0.419 e. The third-order valence-electron chi connectivity index (χ3n) is 4.40. The van der Waals surface area contributed by atoms with E-state index in [2.05, 4.69) is 15.5 Å². The highest BCUT2D eigenvalue weighted by atomic mass is 16.4. The SMILES string of the molecule is CCc1nnc(-c2cc3ccccc3n2CC(=O)Nc2cccc(C)c2)o1. The fourth-order valence-electron chi connectivity index (χ4n) is 3.12. The number of anilines is 1. The molecule has 6 nitrogen and oxygen atoms in total. The molecule has 0 saturated carbocycles. The maximum atomic E-state index is 12.7. The van der Waals surface area contributed by atoms with Crippen molar-refractivity contribution in [3.63, 3.8) is 0 Å². The average Bonchev–Trinajstić information content (AvgIpc) is 3.26. The lowest BCUT2D eigenvalue weighted by molar-refractivity contribution is -0.116. The van der Waals surface area contributed by atoms with E-state index in [1.54, 1.807) is 0 Å². The molecule has 1 N–H and O–H groups in total. The standard InChI is InChI=1S/C21H20N4O2/c1-3-20-23-24-21(27-20)18-12-15-8-4-5-10-17(15)25(18)13-19(26)22-16-9-6-7-14(2)11-16/h4-12H,3,13H2,1-2H3,(H,22,26). The van der Waals surface area contributed by atoms with Gasteiger partial charge in [-0.3, -0.25) is 4.79 Å². The molecule has 0 aliphatic carbocycles. The van der Waals surface area contributed by atoms with Crippen LogP contribution < -0.4 is 5.32 Å². The predicted molar refractivity (Wildman–Crippen MR) is 104 cm³/mol. The molecule has 0 aliphatic rings. The van der Waals surface area contributed by atoms with Gasteiger partial charge in [0.1, 0.15) is 12.2 Å². The van der Waals surface area contributed by atoms with Gasteiger partial charge in [-0.25, -0.2) is 0 Å². The van der Waals surface area contributed by atoms with Crippen LogP contribution in [0.5, 0.6) is 0 Å². The first-order chi connectivity index (χ1) is 13.1. The minimum absolute atomic E-state index is 0.113. The lowest BCUT2D eigenvalue weighted by atomic mass is 10.2. The van der Waals surface area contributed by atoms with Crippen LogP contribution in [0.2, 0.25) is 0 Å². The van der Waals surface area contributed by atoms with Crippen LogP contribution in [-0.4, -0.2) is 20.7 Å². The van der Waals surface area contributed by atoms with Crippen molar-refractivity contribution < 1.29 is 9.21 Å². The van der Waals surface area contributed by atoms with Gasteiger partial charge in [0.25, 0.3) is 5.89 Å². The number of nitrogens with one attached hydrogen (secondary N) is 1. The zero-order chi connectivity index (χ0) is 18.8. The fourth-order valence-corrected chi connectivity index (χ4v) is 3.12. The van der Waals surface area contributed by atoms with E-state index in [4.69, 9.17) is 4.42 Å². The van der Waals surface area contributed by atoms with Crippen LogP contribution in [-0.2, 0) is 17.8 Å². The van der Waals surface area contributed by atoms with Crippen molar-refractivity contribution in [2.75, 3.05) is 5.32 Å². The monoisotopic (exact) mass is 360 g/mol. The predicted octanol–water partition coefficient (Wildman–Crippen LogP) is 4.20. The van der Waals surface area contributed by atoms with Crippen LogP contribution in [0.4, 0.5) is 5.69 Å². The highest BCUT2D eigenvalue weighted by molar-refractivity contribution is 5.93. The molecule has 2 aromatic heterocycles. The van der Waals surface area contributed by atoms with Crippen molar-refractivity contribution in [2.24, 2.45) is 0 Å². The maximum absolute atomic E-state index is 12.7. The van der Waals surface area contributed by atoms with Crippen molar-refractivity contribution in [3.8, 4) is 11.6 Å². The Kier molecular flexibility index (Phi) is 4.46. The van der Waals surface area contributed by atoms with Crippen molar-refractivity contribution in [1.29, 1.82) is 0 Å². The molecule has 0 atom stereocenters. The third kappa shape index (κ3) is 3.46. The van der Waals surface area contributed by atoms with E-state index in [0.717, 1.165) is 27.8 Å². The zero-order valence-electron chi connectivity index (χ0n) is 15.3. The number of hydrogen-bond acceptors (Lipinski definition) is 4. The Morgan fingerprint density at radius 1 is 1.11 bits per heavy atom. The molecular weight excluding hydrogens is 340 g/mol. The summed E-state index contributed by atoms with van der Waals surface area (Å²) in [5.41, 5.74) is 3.56. The van der Waals surface area contributed by atoms with Gasteiger partial charge in [-0.1, -0.05) is 37.3 Å². The molecule has 0 aliphatic heterocycles. The third-order valence-corrected chi connectivity index (χ3v) is 4.40. The van der Waals surface area contributed by atoms with Gasteiger partial charge in [-0.2, -0.15) is 0 Å². The second-order valence-electron chi connectivity index (χ2n) is 6.45. The summed E-state index contributed by atoms with van der Waals surface area (Å²) in [6.45, 7) is 4.11. The van der Waals surface area contributed by atoms with Crippen molar-refractivity contribution in [2.45, 2.75) is 26.8 Å². The summed E-state index contributed by atoms with van der Waals surface area (Å²) in [7, 11) is 0. The molecule has 27 heavy (non-hydrogen) atoms. The van der Waals surface area contributed by atoms with Crippen LogP contribution in [0.15, 0.2) is 59.0 Å². The van der Waals surface area contributed by atoms with E-state index in [1.165, 1.54) is 0 Å². The van der Waals surface area contributed by atoms with Gasteiger partial charge < -0.3 is 14.3 Å². The van der Waals surface area contributed by atoms with Crippen LogP contribution in [0.25, 0.3) is 22.5 Å². The molecule has 0 unspecified atom stereocenters. The number of carbonyl (C=O) groups excluding carboxylic acids is 1. The number of amides is 1. The second-order valence-corrected chi connectivity index (χ2v) is 6.45. The quantitative estimate of drug-likeness (QED) is 0.579. The van der Waals surface area contributed by atoms with Gasteiger partial charge in [-0.15, -0.1) is 10.2 Å². The summed E-state index contributed by atoms with van der Waals surface area (Å²) in [6.07, 6.45) is 0.668. The molecular formula is C21H20N4O2. The van der Waals surface area contributed by atoms with Gasteiger partial charge in [0.15, 0.2) is 0 Å². The molecule has 1 amide bonds. The van der Waals surface area contributed by atoms with E-state index in [-0.39, 0.29) is 12.5 Å². The van der Waals surface area contributed by atoms with E-state index < -0.39 is 0 Å². The molecule has 136 valence electrons. The number of aromatic nitrogens is 3. The summed E-state index contributed by atoms with van der Waals surface area (Å²) in [4.78, 5) is 12.7. The smallest absolute Gasteiger partial charge is 0.264 e. The normalized spacial score (nSPS) is 11.0. The Morgan fingerprint density at radius 2 is 1.96 bits per heavy atom. The number of para-hydroxylation sites is 1. The van der Waals surface area contributed by atoms with E-state index in [9.17, 15) is 4.79 Å². The number of hydrogen-bond donors (Lipinski definition) is 1. The summed E-state index contributed by atoms with van der Waals surface area (Å²) in [5, 5.41) is 12.2. The topological polar surface area (TPSA) is 73.0 Å². The van der Waals surface area contributed by atoms with Gasteiger partial charge in [-0.05, 0) is 36.8 Å². The Labute approximate surface area is 156 Å². The van der Waals surface area contributed by atoms with Crippen LogP contribution in [0, 0.1) is 6.92 Å². The molecule has 6 heteroatoms. The highest BCUT2D eigenvalue weighted by Gasteiger charge is 2.18. The van der Waals surface area contributed by atoms with Gasteiger partial charge in [0.05, 0.1) is 0 Å². The van der Waals surface area contributed by atoms with Crippen LogP contribution in [0.3, 0.4) is 0 Å². The van der Waals surface area contributed by atoms with Gasteiger partial charge in [0, 0.05) is 23.0 Å². The average molecular weight is 360 g/mol. The summed E-state index contributed by atoms with van der Waals surface area (Å²) in [6, 6.07) is 17.6. The number of benzene rings is 2. The lowest BCUT2D eigenvalue weighted by Gasteiger charge is -2.10. The number of fused-ring (bicyclic) bond motifs is 1. The minimum atomic E-state index is -0.113. The molecule has 4 rings (SSSR count). The van der Waals surface area contributed by atoms with Crippen molar-refractivity contribution in [3.05, 3.63) is 66.1 Å². The molecule has 0 saturated heterocycles. The largest absolute Gasteiger partial charge is 0.419 e. The first kappa shape index (κ1) is 17.0. The molecule has 0 bridgehead atoms. The van der Waals surface area contributed by atoms with Crippen LogP contribution >= 0.6 is 0 Å². The van der Waals surface area contributed by atoms with E-state index >= 15 is 0 Å². The maximum Gasteiger partial charge on any atom is 0.264 e. The summed E-state index contributed by atoms with van der Waals surface area (Å²) in [5.74, 6) is 0.885. The Balaban J connectivity index is 1.69. The first-order valence-electron chi connectivity index (χ1n) is 8.91. The number of aryl methyl sites for hydroxylation is 2. The first-order valence-corrected chi connectivity index (χ1v) is 8.91. The van der Waals surface area contributed by atoms with Gasteiger partial charge >= 0.3 is 0 Å². The Morgan fingerprint density at radius 3 is 2.74 bits per heavy atom. The van der Waals surface area contributed by atoms with E-state index in [1.807, 2.05) is 73.0 Å². The second kappa shape index (κ2) is 7.07. The van der Waals surface area contributed by atoms with Crippen molar-refractivity contribution >= 4 is 22.5 Å². The molecule has 2 aromatic carbocycles. The fraction of sp³-hybridized carbons (Fsp3) is 0.190. The lowest BCUT2D eigenvalue weighted by Crippen LogP contribution is -2.19. The number of nitrogens with zero attached hydrogens (tertiary/aromatic N) is 3. The summed E-state index contributed by atoms with van der Waals surface area (Å²) < 4.78 is 7.64. The molecule has 0 fully saturated rings. The number of rotatable bonds is 5. The van der Waals surface area contributed by atoms with Crippen LogP contribution in [0.1, 0.15) is 18.4 Å². The zero-order valence-corrected chi connectivity index (χ0v) is 15.3.